The molecule has 0 spiro atoms. The van der Waals surface area contributed by atoms with Crippen molar-refractivity contribution in [3.8, 4) is 11.3 Å². The summed E-state index contributed by atoms with van der Waals surface area (Å²) in [5.74, 6) is 4.78. The highest BCUT2D eigenvalue weighted by molar-refractivity contribution is 5.92. The Morgan fingerprint density at radius 3 is 2.50 bits per heavy atom. The number of benzene rings is 1. The molecule has 6 heteroatoms. The van der Waals surface area contributed by atoms with Gasteiger partial charge in [0.2, 0.25) is 0 Å². The van der Waals surface area contributed by atoms with E-state index in [-0.39, 0.29) is 5.91 Å². The van der Waals surface area contributed by atoms with Gasteiger partial charge in [-0.25, -0.2) is 10.8 Å². The van der Waals surface area contributed by atoms with Gasteiger partial charge in [-0.1, -0.05) is 30.3 Å². The summed E-state index contributed by atoms with van der Waals surface area (Å²) in [5.41, 5.74) is 5.47. The molecule has 0 radical (unpaired) electrons. The Morgan fingerprint density at radius 1 is 1.12 bits per heavy atom. The molecule has 1 fully saturated rings. The summed E-state index contributed by atoms with van der Waals surface area (Å²) in [4.78, 5) is 20.8. The van der Waals surface area contributed by atoms with E-state index >= 15 is 0 Å². The van der Waals surface area contributed by atoms with Gasteiger partial charge < -0.3 is 4.90 Å². The van der Waals surface area contributed by atoms with Gasteiger partial charge in [-0.3, -0.25) is 15.1 Å². The van der Waals surface area contributed by atoms with E-state index in [9.17, 15) is 4.79 Å². The smallest absolute Gasteiger partial charge is 0.283 e. The lowest BCUT2D eigenvalue weighted by atomic mass is 10.1. The van der Waals surface area contributed by atoms with Crippen molar-refractivity contribution in [3.63, 3.8) is 0 Å². The number of nitrogens with two attached hydrogens (primary N) is 1. The number of nitrogens with zero attached hydrogens (tertiary/aromatic N) is 3. The second-order valence-electron chi connectivity index (χ2n) is 6.16. The van der Waals surface area contributed by atoms with E-state index in [1.54, 1.807) is 6.07 Å². The predicted molar refractivity (Wildman–Crippen MR) is 94.1 cm³/mol. The first-order valence-corrected chi connectivity index (χ1v) is 8.14. The molecule has 0 aliphatic carbocycles. The first-order chi connectivity index (χ1) is 11.7. The summed E-state index contributed by atoms with van der Waals surface area (Å²) in [6, 6.07) is 13.7. The summed E-state index contributed by atoms with van der Waals surface area (Å²) in [6.45, 7) is 5.43. The van der Waals surface area contributed by atoms with E-state index < -0.39 is 0 Å². The largest absolute Gasteiger partial charge is 0.304 e. The Bertz CT molecular complexity index is 693. The number of carbonyl (C=O) groups excluding carboxylic acids is 1. The number of hydrogen-bond donors (Lipinski definition) is 2. The average molecular weight is 325 g/mol. The van der Waals surface area contributed by atoms with Crippen molar-refractivity contribution in [2.75, 3.05) is 33.2 Å². The standard InChI is InChI=1S/C18H23N5O/c1-22-9-11-23(12-10-22)13-14-5-7-15(8-6-14)16-3-2-4-17(20-16)18(24)21-19/h2-8H,9-13,19H2,1H3,(H,21,24). The number of nitrogens with one attached hydrogen (secondary N) is 1. The number of hydrazine groups is 1. The van der Waals surface area contributed by atoms with Gasteiger partial charge in [0, 0.05) is 38.3 Å². The molecule has 0 unspecified atom stereocenters. The Labute approximate surface area is 142 Å². The van der Waals surface area contributed by atoms with Crippen molar-refractivity contribution in [3.05, 3.63) is 53.7 Å². The van der Waals surface area contributed by atoms with Crippen LogP contribution in [0.25, 0.3) is 11.3 Å². The maximum absolute atomic E-state index is 11.6. The van der Waals surface area contributed by atoms with Gasteiger partial charge >= 0.3 is 0 Å². The van der Waals surface area contributed by atoms with Gasteiger partial charge in [0.1, 0.15) is 5.69 Å². The summed E-state index contributed by atoms with van der Waals surface area (Å²) < 4.78 is 0. The molecule has 0 bridgehead atoms. The zero-order chi connectivity index (χ0) is 16.9. The fourth-order valence-electron chi connectivity index (χ4n) is 2.84. The van der Waals surface area contributed by atoms with Gasteiger partial charge in [-0.15, -0.1) is 0 Å². The van der Waals surface area contributed by atoms with Crippen LogP contribution in [0.2, 0.25) is 0 Å². The molecule has 0 saturated carbocycles. The molecular weight excluding hydrogens is 302 g/mol. The van der Waals surface area contributed by atoms with Crippen LogP contribution in [-0.4, -0.2) is 53.9 Å². The Morgan fingerprint density at radius 2 is 1.83 bits per heavy atom. The molecule has 3 N–H and O–H groups in total. The highest BCUT2D eigenvalue weighted by Crippen LogP contribution is 2.19. The number of likely N-dealkylation sites (N-methyl/N-ethyl adjacent to an activating group) is 1. The third-order valence-electron chi connectivity index (χ3n) is 4.36. The lowest BCUT2D eigenvalue weighted by Gasteiger charge is -2.32. The first-order valence-electron chi connectivity index (χ1n) is 8.14. The number of amides is 1. The summed E-state index contributed by atoms with van der Waals surface area (Å²) in [6.07, 6.45) is 0. The molecule has 1 amide bonds. The molecule has 126 valence electrons. The van der Waals surface area contributed by atoms with Crippen LogP contribution >= 0.6 is 0 Å². The number of nitrogen functional groups attached to an aromatic ring is 1. The number of pyridine rings is 1. The second-order valence-corrected chi connectivity index (χ2v) is 6.16. The molecule has 1 aromatic heterocycles. The fourth-order valence-corrected chi connectivity index (χ4v) is 2.84. The van der Waals surface area contributed by atoms with E-state index in [2.05, 4.69) is 51.5 Å². The number of carbonyl (C=O) groups is 1. The van der Waals surface area contributed by atoms with Crippen LogP contribution in [0.5, 0.6) is 0 Å². The van der Waals surface area contributed by atoms with Crippen LogP contribution in [-0.2, 0) is 6.54 Å². The SMILES string of the molecule is CN1CCN(Cc2ccc(-c3cccc(C(=O)NN)n3)cc2)CC1. The van der Waals surface area contributed by atoms with Crippen LogP contribution in [0.3, 0.4) is 0 Å². The molecule has 0 atom stereocenters. The minimum atomic E-state index is -0.386. The highest BCUT2D eigenvalue weighted by Gasteiger charge is 2.14. The summed E-state index contributed by atoms with van der Waals surface area (Å²) in [7, 11) is 2.16. The fraction of sp³-hybridized carbons (Fsp3) is 0.333. The molecular formula is C18H23N5O. The van der Waals surface area contributed by atoms with Crippen LogP contribution in [0.1, 0.15) is 16.1 Å². The summed E-state index contributed by atoms with van der Waals surface area (Å²) >= 11 is 0. The van der Waals surface area contributed by atoms with Crippen LogP contribution in [0.4, 0.5) is 0 Å². The number of hydrogen-bond acceptors (Lipinski definition) is 5. The monoisotopic (exact) mass is 325 g/mol. The van der Waals surface area contributed by atoms with Gasteiger partial charge in [0.05, 0.1) is 5.69 Å². The number of rotatable bonds is 4. The third kappa shape index (κ3) is 3.97. The van der Waals surface area contributed by atoms with Gasteiger partial charge in [0.15, 0.2) is 0 Å². The topological polar surface area (TPSA) is 74.5 Å². The quantitative estimate of drug-likeness (QED) is 0.500. The zero-order valence-electron chi connectivity index (χ0n) is 13.9. The van der Waals surface area contributed by atoms with E-state index in [1.165, 1.54) is 5.56 Å². The molecule has 1 aliphatic rings. The maximum Gasteiger partial charge on any atom is 0.283 e. The molecule has 2 aromatic rings. The average Bonchev–Trinajstić information content (AvgIpc) is 2.64. The van der Waals surface area contributed by atoms with Crippen molar-refractivity contribution < 1.29 is 4.79 Å². The normalized spacial score (nSPS) is 16.1. The van der Waals surface area contributed by atoms with Crippen molar-refractivity contribution >= 4 is 5.91 Å². The minimum Gasteiger partial charge on any atom is -0.304 e. The highest BCUT2D eigenvalue weighted by atomic mass is 16.2. The molecule has 1 saturated heterocycles. The Hall–Kier alpha value is -2.28. The van der Waals surface area contributed by atoms with E-state index in [0.717, 1.165) is 44.0 Å². The molecule has 6 nitrogen and oxygen atoms in total. The maximum atomic E-state index is 11.6. The minimum absolute atomic E-state index is 0.316. The first kappa shape index (κ1) is 16.6. The molecule has 1 aliphatic heterocycles. The third-order valence-corrected chi connectivity index (χ3v) is 4.36. The number of aromatic nitrogens is 1. The van der Waals surface area contributed by atoms with Crippen molar-refractivity contribution in [1.29, 1.82) is 0 Å². The lowest BCUT2D eigenvalue weighted by molar-refractivity contribution is 0.0949. The van der Waals surface area contributed by atoms with Crippen molar-refractivity contribution in [2.45, 2.75) is 6.54 Å². The summed E-state index contributed by atoms with van der Waals surface area (Å²) in [5, 5.41) is 0. The Kier molecular flexibility index (Phi) is 5.20. The van der Waals surface area contributed by atoms with Crippen LogP contribution in [0.15, 0.2) is 42.5 Å². The van der Waals surface area contributed by atoms with Crippen LogP contribution < -0.4 is 11.3 Å². The van der Waals surface area contributed by atoms with E-state index in [0.29, 0.717) is 5.69 Å². The molecule has 3 rings (SSSR count). The van der Waals surface area contributed by atoms with Crippen molar-refractivity contribution in [2.24, 2.45) is 5.84 Å². The van der Waals surface area contributed by atoms with Gasteiger partial charge in [0.25, 0.3) is 5.91 Å². The van der Waals surface area contributed by atoms with Crippen LogP contribution in [0, 0.1) is 0 Å². The Balaban J connectivity index is 1.69. The number of piperazine rings is 1. The van der Waals surface area contributed by atoms with Gasteiger partial charge in [-0.05, 0) is 24.7 Å². The lowest BCUT2D eigenvalue weighted by Crippen LogP contribution is -2.43. The predicted octanol–water partition coefficient (Wildman–Crippen LogP) is 1.10. The molecule has 2 heterocycles. The van der Waals surface area contributed by atoms with Gasteiger partial charge in [-0.2, -0.15) is 0 Å². The van der Waals surface area contributed by atoms with Crippen molar-refractivity contribution in [1.82, 2.24) is 20.2 Å². The van der Waals surface area contributed by atoms with E-state index in [4.69, 9.17) is 5.84 Å². The zero-order valence-corrected chi connectivity index (χ0v) is 13.9. The molecule has 1 aromatic carbocycles. The second kappa shape index (κ2) is 7.53. The van der Waals surface area contributed by atoms with E-state index in [1.807, 2.05) is 12.1 Å². The molecule has 24 heavy (non-hydrogen) atoms.